The van der Waals surface area contributed by atoms with E-state index in [2.05, 4.69) is 21.9 Å². The van der Waals surface area contributed by atoms with Gasteiger partial charge in [-0.15, -0.1) is 0 Å². The van der Waals surface area contributed by atoms with Crippen LogP contribution in [0.2, 0.25) is 0 Å². The fourth-order valence-corrected chi connectivity index (χ4v) is 7.55. The van der Waals surface area contributed by atoms with Crippen LogP contribution in [-0.4, -0.2) is 77.2 Å². The zero-order chi connectivity index (χ0) is 35.7. The minimum absolute atomic E-state index is 0.103. The predicted molar refractivity (Wildman–Crippen MR) is 183 cm³/mol. The summed E-state index contributed by atoms with van der Waals surface area (Å²) in [5, 5.41) is 34.3. The fraction of sp³-hybridized carbons (Fsp3) is 0.324. The van der Waals surface area contributed by atoms with Gasteiger partial charge in [0.05, 0.1) is 26.1 Å². The Hall–Kier alpha value is -4.63. The Labute approximate surface area is 288 Å². The van der Waals surface area contributed by atoms with Crippen LogP contribution in [0.5, 0.6) is 11.6 Å². The number of imidazole rings is 1. The molecule has 5 aromatic rings. The Morgan fingerprint density at radius 2 is 1.88 bits per heavy atom. The molecule has 6 rings (SSSR count). The third-order valence-electron chi connectivity index (χ3n) is 8.77. The van der Waals surface area contributed by atoms with Gasteiger partial charge in [-0.1, -0.05) is 72.4 Å². The van der Waals surface area contributed by atoms with Crippen LogP contribution >= 0.6 is 8.18 Å². The van der Waals surface area contributed by atoms with Crippen molar-refractivity contribution in [3.05, 3.63) is 91.1 Å². The number of rotatable bonds is 13. The van der Waals surface area contributed by atoms with Crippen molar-refractivity contribution in [1.82, 2.24) is 24.4 Å². The molecule has 3 aromatic carbocycles. The summed E-state index contributed by atoms with van der Waals surface area (Å²) >= 11 is 0. The van der Waals surface area contributed by atoms with Gasteiger partial charge in [0.15, 0.2) is 17.4 Å². The van der Waals surface area contributed by atoms with Crippen molar-refractivity contribution in [3.63, 3.8) is 0 Å². The summed E-state index contributed by atoms with van der Waals surface area (Å²) in [4.78, 5) is 31.9. The third kappa shape index (κ3) is 6.75. The van der Waals surface area contributed by atoms with Gasteiger partial charge in [-0.2, -0.15) is 9.97 Å². The summed E-state index contributed by atoms with van der Waals surface area (Å²) in [7, 11) is -1.96. The number of hydroxylamine groups is 1. The molecule has 0 aliphatic carbocycles. The van der Waals surface area contributed by atoms with Crippen molar-refractivity contribution in [2.75, 3.05) is 19.5 Å². The number of fused-ring (bicyclic) bond motifs is 2. The Morgan fingerprint density at radius 1 is 1.16 bits per heavy atom. The molecule has 5 N–H and O–H groups in total. The normalized spacial score (nSPS) is 22.5. The SMILES string of the molecule is [CH2]c1ccccc1C(C(C)CC(=O)O)N(OC[C@H]1O[C@@H](n2cnc3c(OC)nc(N)nc32)[C@](C)(O)[C@@H]1O)[PH](=O)Oc1cccc2ccccc12. The van der Waals surface area contributed by atoms with Gasteiger partial charge in [-0.05, 0) is 42.3 Å². The van der Waals surface area contributed by atoms with Crippen LogP contribution in [0.3, 0.4) is 0 Å². The van der Waals surface area contributed by atoms with E-state index in [1.54, 1.807) is 43.3 Å². The average molecular weight is 706 g/mol. The molecule has 3 unspecified atom stereocenters. The fourth-order valence-electron chi connectivity index (χ4n) is 6.30. The van der Waals surface area contributed by atoms with Crippen LogP contribution < -0.4 is 15.0 Å². The molecule has 0 bridgehead atoms. The minimum atomic E-state index is -3.37. The second-order valence-corrected chi connectivity index (χ2v) is 13.5. The number of benzene rings is 3. The number of carbonyl (C=O) groups is 1. The van der Waals surface area contributed by atoms with Crippen LogP contribution in [-0.2, 0) is 18.9 Å². The average Bonchev–Trinajstić information content (AvgIpc) is 3.59. The zero-order valence-corrected chi connectivity index (χ0v) is 28.5. The van der Waals surface area contributed by atoms with Gasteiger partial charge in [-0.3, -0.25) is 18.8 Å². The van der Waals surface area contributed by atoms with Crippen LogP contribution in [0.4, 0.5) is 5.95 Å². The second kappa shape index (κ2) is 14.3. The van der Waals surface area contributed by atoms with E-state index in [9.17, 15) is 24.7 Å². The smallest absolute Gasteiger partial charge is 0.331 e. The van der Waals surface area contributed by atoms with Crippen molar-refractivity contribution in [2.45, 2.75) is 50.3 Å². The third-order valence-corrected chi connectivity index (χ3v) is 9.94. The maximum Gasteiger partial charge on any atom is 0.331 e. The Balaban J connectivity index is 1.35. The van der Waals surface area contributed by atoms with Crippen LogP contribution in [0.25, 0.3) is 21.9 Å². The van der Waals surface area contributed by atoms with Crippen LogP contribution in [0, 0.1) is 12.8 Å². The number of nitrogens with two attached hydrogens (primary N) is 1. The number of aromatic nitrogens is 4. The monoisotopic (exact) mass is 705 g/mol. The lowest BCUT2D eigenvalue weighted by molar-refractivity contribution is -0.172. The van der Waals surface area contributed by atoms with Crippen molar-refractivity contribution < 1.29 is 43.5 Å². The van der Waals surface area contributed by atoms with E-state index in [-0.39, 0.29) is 29.4 Å². The van der Waals surface area contributed by atoms with E-state index in [1.807, 2.05) is 30.3 Å². The number of carboxylic acids is 1. The van der Waals surface area contributed by atoms with Gasteiger partial charge < -0.3 is 35.1 Å². The summed E-state index contributed by atoms with van der Waals surface area (Å²) in [6.45, 7) is 6.78. The van der Waals surface area contributed by atoms with Gasteiger partial charge >= 0.3 is 14.1 Å². The quantitative estimate of drug-likeness (QED) is 0.0996. The number of aliphatic carboxylic acids is 1. The van der Waals surface area contributed by atoms with Crippen molar-refractivity contribution in [2.24, 2.45) is 5.92 Å². The number of carboxylic acid groups (broad SMARTS) is 1. The largest absolute Gasteiger partial charge is 0.481 e. The Morgan fingerprint density at radius 3 is 2.62 bits per heavy atom. The molecule has 15 nitrogen and oxygen atoms in total. The standard InChI is InChI=1S/C34H38N6O9P/c1-19-10-5-7-13-22(19)28(20(2)16-26(41)42)40(50(45)49-24-15-9-12-21-11-6-8-14-23(21)24)47-17-25-29(43)34(3,44)32(48-25)39-18-36-27-30(39)37-33(35)38-31(27)46-4/h5-15,18,20,25,28-29,32,43-44,50H,1,16-17H2,2-4H3,(H,41,42)(H2,35,37,38)/t20?,25-,28?,29-,32-,34-/m1/s1. The number of nitrogens with zero attached hydrogens (tertiary/aromatic N) is 5. The number of aliphatic hydroxyl groups excluding tert-OH is 1. The van der Waals surface area contributed by atoms with Gasteiger partial charge in [0.1, 0.15) is 23.6 Å². The van der Waals surface area contributed by atoms with Crippen molar-refractivity contribution in [3.8, 4) is 11.6 Å². The summed E-state index contributed by atoms with van der Waals surface area (Å²) < 4.78 is 33.3. The van der Waals surface area contributed by atoms with E-state index in [0.717, 1.165) is 10.2 Å². The number of ether oxygens (including phenoxy) is 2. The molecule has 1 aliphatic heterocycles. The van der Waals surface area contributed by atoms with Crippen LogP contribution in [0.15, 0.2) is 73.1 Å². The molecule has 1 fully saturated rings. The molecular weight excluding hydrogens is 667 g/mol. The highest BCUT2D eigenvalue weighted by molar-refractivity contribution is 7.36. The Bertz CT molecular complexity index is 2040. The van der Waals surface area contributed by atoms with Crippen LogP contribution in [0.1, 0.15) is 43.7 Å². The zero-order valence-electron chi connectivity index (χ0n) is 27.5. The molecule has 50 heavy (non-hydrogen) atoms. The van der Waals surface area contributed by atoms with Gasteiger partial charge in [0.2, 0.25) is 11.8 Å². The highest BCUT2D eigenvalue weighted by atomic mass is 31.1. The first-order valence-electron chi connectivity index (χ1n) is 15.7. The molecule has 1 aliphatic rings. The first-order chi connectivity index (χ1) is 23.9. The maximum absolute atomic E-state index is 14.4. The maximum atomic E-state index is 14.4. The van der Waals surface area contributed by atoms with Crippen molar-refractivity contribution in [1.29, 1.82) is 0 Å². The lowest BCUT2D eigenvalue weighted by Crippen LogP contribution is -2.45. The lowest BCUT2D eigenvalue weighted by Gasteiger charge is -2.35. The summed E-state index contributed by atoms with van der Waals surface area (Å²) in [5.74, 6) is -1.39. The van der Waals surface area contributed by atoms with E-state index >= 15 is 0 Å². The van der Waals surface area contributed by atoms with E-state index in [1.165, 1.54) is 24.9 Å². The van der Waals surface area contributed by atoms with Gasteiger partial charge in [0, 0.05) is 11.8 Å². The summed E-state index contributed by atoms with van der Waals surface area (Å²) in [6, 6.07) is 18.9. The molecule has 2 aromatic heterocycles. The first kappa shape index (κ1) is 35.2. The number of aliphatic hydroxyl groups is 2. The number of nitrogen functional groups attached to an aromatic ring is 1. The molecule has 0 saturated carbocycles. The summed E-state index contributed by atoms with van der Waals surface area (Å²) in [6.07, 6.45) is -2.88. The number of hydrogen-bond donors (Lipinski definition) is 4. The molecule has 0 amide bonds. The molecule has 1 saturated heterocycles. The molecule has 1 radical (unpaired) electrons. The van der Waals surface area contributed by atoms with Crippen molar-refractivity contribution >= 4 is 42.0 Å². The number of methoxy groups -OCH3 is 1. The van der Waals surface area contributed by atoms with Gasteiger partial charge in [-0.25, -0.2) is 4.98 Å². The van der Waals surface area contributed by atoms with E-state index in [4.69, 9.17) is 24.6 Å². The van der Waals surface area contributed by atoms with E-state index < -0.39 is 56.8 Å². The highest BCUT2D eigenvalue weighted by Gasteiger charge is 2.54. The molecule has 16 heteroatoms. The molecule has 263 valence electrons. The Kier molecular flexibility index (Phi) is 10.1. The molecular formula is C34H38N6O9P. The first-order valence-corrected chi connectivity index (χ1v) is 17.0. The second-order valence-electron chi connectivity index (χ2n) is 12.3. The summed E-state index contributed by atoms with van der Waals surface area (Å²) in [5.41, 5.74) is 5.56. The highest BCUT2D eigenvalue weighted by Crippen LogP contribution is 2.46. The predicted octanol–water partition coefficient (Wildman–Crippen LogP) is 4.32. The number of hydrogen-bond acceptors (Lipinski definition) is 12. The lowest BCUT2D eigenvalue weighted by atomic mass is 9.90. The molecule has 0 spiro atoms. The van der Waals surface area contributed by atoms with Gasteiger partial charge in [0.25, 0.3) is 0 Å². The number of anilines is 1. The molecule has 7 atom stereocenters. The topological polar surface area (TPSA) is 205 Å². The van der Waals surface area contributed by atoms with E-state index in [0.29, 0.717) is 22.3 Å². The minimum Gasteiger partial charge on any atom is -0.481 e. The molecule has 3 heterocycles.